The zero-order valence-corrected chi connectivity index (χ0v) is 13.3. The fraction of sp³-hybridized carbons (Fsp3) is 0.529. The van der Waals surface area contributed by atoms with E-state index in [-0.39, 0.29) is 24.8 Å². The van der Waals surface area contributed by atoms with Crippen molar-refractivity contribution in [1.29, 1.82) is 0 Å². The molecule has 0 aliphatic rings. The van der Waals surface area contributed by atoms with Crippen molar-refractivity contribution in [3.8, 4) is 0 Å². The van der Waals surface area contributed by atoms with Gasteiger partial charge in [0.2, 0.25) is 5.91 Å². The van der Waals surface area contributed by atoms with E-state index in [1.807, 2.05) is 38.1 Å². The van der Waals surface area contributed by atoms with Gasteiger partial charge in [-0.1, -0.05) is 50.6 Å². The van der Waals surface area contributed by atoms with E-state index in [4.69, 9.17) is 5.11 Å². The summed E-state index contributed by atoms with van der Waals surface area (Å²) in [4.78, 5) is 22.9. The number of benzene rings is 1. The molecule has 2 N–H and O–H groups in total. The Balaban J connectivity index is 2.67. The molecule has 0 saturated carbocycles. The van der Waals surface area contributed by atoms with Crippen molar-refractivity contribution in [3.05, 3.63) is 35.4 Å². The minimum Gasteiger partial charge on any atom is -0.481 e. The molecule has 0 bridgehead atoms. The molecule has 0 fully saturated rings. The van der Waals surface area contributed by atoms with Crippen molar-refractivity contribution in [2.45, 2.75) is 53.0 Å². The third-order valence-electron chi connectivity index (χ3n) is 3.49. The third kappa shape index (κ3) is 5.98. The van der Waals surface area contributed by atoms with Crippen LogP contribution in [0.25, 0.3) is 0 Å². The van der Waals surface area contributed by atoms with Crippen LogP contribution >= 0.6 is 0 Å². The SMILES string of the molecule is CCC(NC(=O)CC(C)(C)CC(=O)O)c1ccc(C)cc1. The molecule has 0 aliphatic heterocycles. The van der Waals surface area contributed by atoms with Crippen LogP contribution in [0.2, 0.25) is 0 Å². The molecule has 1 unspecified atom stereocenters. The molecule has 4 nitrogen and oxygen atoms in total. The second-order valence-electron chi connectivity index (χ2n) is 6.35. The Morgan fingerprint density at radius 3 is 2.24 bits per heavy atom. The first-order valence-electron chi connectivity index (χ1n) is 7.31. The maximum absolute atomic E-state index is 12.1. The lowest BCUT2D eigenvalue weighted by molar-refractivity contribution is -0.139. The molecule has 0 aromatic heterocycles. The number of aryl methyl sites for hydroxylation is 1. The van der Waals surface area contributed by atoms with Gasteiger partial charge in [-0.05, 0) is 24.3 Å². The van der Waals surface area contributed by atoms with E-state index in [9.17, 15) is 9.59 Å². The molecule has 0 heterocycles. The van der Waals surface area contributed by atoms with Crippen molar-refractivity contribution >= 4 is 11.9 Å². The summed E-state index contributed by atoms with van der Waals surface area (Å²) in [6, 6.07) is 8.06. The van der Waals surface area contributed by atoms with Gasteiger partial charge in [0.25, 0.3) is 0 Å². The normalized spacial score (nSPS) is 12.8. The maximum atomic E-state index is 12.1. The summed E-state index contributed by atoms with van der Waals surface area (Å²) in [5, 5.41) is 11.9. The van der Waals surface area contributed by atoms with Crippen LogP contribution in [-0.4, -0.2) is 17.0 Å². The topological polar surface area (TPSA) is 66.4 Å². The molecule has 4 heteroatoms. The van der Waals surface area contributed by atoms with Crippen LogP contribution in [0.5, 0.6) is 0 Å². The van der Waals surface area contributed by atoms with Crippen LogP contribution in [0.15, 0.2) is 24.3 Å². The zero-order valence-electron chi connectivity index (χ0n) is 13.3. The van der Waals surface area contributed by atoms with Crippen LogP contribution < -0.4 is 5.32 Å². The monoisotopic (exact) mass is 291 g/mol. The molecular formula is C17H25NO3. The molecule has 0 saturated heterocycles. The molecule has 21 heavy (non-hydrogen) atoms. The van der Waals surface area contributed by atoms with Gasteiger partial charge in [0.05, 0.1) is 12.5 Å². The van der Waals surface area contributed by atoms with Crippen molar-refractivity contribution in [2.24, 2.45) is 5.41 Å². The van der Waals surface area contributed by atoms with E-state index in [0.29, 0.717) is 0 Å². The molecule has 1 aromatic carbocycles. The number of carboxylic acids is 1. The highest BCUT2D eigenvalue weighted by molar-refractivity contribution is 5.78. The molecule has 0 radical (unpaired) electrons. The van der Waals surface area contributed by atoms with Gasteiger partial charge < -0.3 is 10.4 Å². The molecule has 1 amide bonds. The maximum Gasteiger partial charge on any atom is 0.303 e. The smallest absolute Gasteiger partial charge is 0.303 e. The highest BCUT2D eigenvalue weighted by Crippen LogP contribution is 2.26. The van der Waals surface area contributed by atoms with Crippen molar-refractivity contribution < 1.29 is 14.7 Å². The zero-order chi connectivity index (χ0) is 16.0. The first kappa shape index (κ1) is 17.2. The fourth-order valence-corrected chi connectivity index (χ4v) is 2.37. The van der Waals surface area contributed by atoms with E-state index in [1.165, 1.54) is 5.56 Å². The van der Waals surface area contributed by atoms with Crippen LogP contribution in [0.1, 0.15) is 57.2 Å². The van der Waals surface area contributed by atoms with Gasteiger partial charge in [-0.15, -0.1) is 0 Å². The van der Waals surface area contributed by atoms with Crippen molar-refractivity contribution in [3.63, 3.8) is 0 Å². The average Bonchev–Trinajstić information content (AvgIpc) is 2.34. The summed E-state index contributed by atoms with van der Waals surface area (Å²) in [5.74, 6) is -0.980. The number of carboxylic acid groups (broad SMARTS) is 1. The number of aliphatic carboxylic acids is 1. The lowest BCUT2D eigenvalue weighted by Crippen LogP contribution is -2.32. The highest BCUT2D eigenvalue weighted by atomic mass is 16.4. The van der Waals surface area contributed by atoms with Crippen molar-refractivity contribution in [2.75, 3.05) is 0 Å². The summed E-state index contributed by atoms with van der Waals surface area (Å²) < 4.78 is 0. The summed E-state index contributed by atoms with van der Waals surface area (Å²) in [7, 11) is 0. The Morgan fingerprint density at radius 1 is 1.19 bits per heavy atom. The van der Waals surface area contributed by atoms with Crippen LogP contribution in [0.4, 0.5) is 0 Å². The molecule has 116 valence electrons. The number of hydrogen-bond donors (Lipinski definition) is 2. The van der Waals surface area contributed by atoms with E-state index in [1.54, 1.807) is 13.8 Å². The predicted octanol–water partition coefficient (Wildman–Crippen LogP) is 3.45. The Kier molecular flexibility index (Phi) is 5.94. The van der Waals surface area contributed by atoms with Gasteiger partial charge in [-0.3, -0.25) is 9.59 Å². The van der Waals surface area contributed by atoms with E-state index in [2.05, 4.69) is 5.32 Å². The molecule has 0 spiro atoms. The molecular weight excluding hydrogens is 266 g/mol. The Bertz CT molecular complexity index is 491. The number of hydrogen-bond acceptors (Lipinski definition) is 2. The highest BCUT2D eigenvalue weighted by Gasteiger charge is 2.26. The minimum absolute atomic E-state index is 0.0122. The molecule has 1 aromatic rings. The minimum atomic E-state index is -0.877. The summed E-state index contributed by atoms with van der Waals surface area (Å²) in [5.41, 5.74) is 1.72. The summed E-state index contributed by atoms with van der Waals surface area (Å²) in [6.07, 6.45) is 0.998. The lowest BCUT2D eigenvalue weighted by Gasteiger charge is -2.24. The van der Waals surface area contributed by atoms with Gasteiger partial charge in [0.15, 0.2) is 0 Å². The third-order valence-corrected chi connectivity index (χ3v) is 3.49. The predicted molar refractivity (Wildman–Crippen MR) is 83.0 cm³/mol. The van der Waals surface area contributed by atoms with Gasteiger partial charge in [-0.25, -0.2) is 0 Å². The van der Waals surface area contributed by atoms with Gasteiger partial charge >= 0.3 is 5.97 Å². The van der Waals surface area contributed by atoms with Crippen LogP contribution in [0.3, 0.4) is 0 Å². The fourth-order valence-electron chi connectivity index (χ4n) is 2.37. The van der Waals surface area contributed by atoms with Gasteiger partial charge in [0.1, 0.15) is 0 Å². The second-order valence-corrected chi connectivity index (χ2v) is 6.35. The summed E-state index contributed by atoms with van der Waals surface area (Å²) >= 11 is 0. The second kappa shape index (κ2) is 7.25. The Morgan fingerprint density at radius 2 is 1.76 bits per heavy atom. The molecule has 0 aliphatic carbocycles. The van der Waals surface area contributed by atoms with E-state index >= 15 is 0 Å². The molecule has 1 atom stereocenters. The number of rotatable bonds is 7. The van der Waals surface area contributed by atoms with Crippen molar-refractivity contribution in [1.82, 2.24) is 5.32 Å². The van der Waals surface area contributed by atoms with E-state index < -0.39 is 11.4 Å². The Hall–Kier alpha value is -1.84. The lowest BCUT2D eigenvalue weighted by atomic mass is 9.85. The average molecular weight is 291 g/mol. The number of carbonyl (C=O) groups is 2. The van der Waals surface area contributed by atoms with Gasteiger partial charge in [-0.2, -0.15) is 0 Å². The van der Waals surface area contributed by atoms with Crippen LogP contribution in [0, 0.1) is 12.3 Å². The number of nitrogens with one attached hydrogen (secondary N) is 1. The Labute approximate surface area is 126 Å². The van der Waals surface area contributed by atoms with Crippen LogP contribution in [-0.2, 0) is 9.59 Å². The first-order chi connectivity index (χ1) is 9.73. The molecule has 1 rings (SSSR count). The first-order valence-corrected chi connectivity index (χ1v) is 7.31. The standard InChI is InChI=1S/C17H25NO3/c1-5-14(13-8-6-12(2)7-9-13)18-15(19)10-17(3,4)11-16(20)21/h6-9,14H,5,10-11H2,1-4H3,(H,18,19)(H,20,21). The largest absolute Gasteiger partial charge is 0.481 e. The number of amides is 1. The van der Waals surface area contributed by atoms with E-state index in [0.717, 1.165) is 12.0 Å². The summed E-state index contributed by atoms with van der Waals surface area (Å²) in [6.45, 7) is 7.64. The van der Waals surface area contributed by atoms with Gasteiger partial charge in [0, 0.05) is 6.42 Å². The quantitative estimate of drug-likeness (QED) is 0.808. The number of carbonyl (C=O) groups excluding carboxylic acids is 1.